The Morgan fingerprint density at radius 2 is 1.77 bits per heavy atom. The van der Waals surface area contributed by atoms with Gasteiger partial charge in [-0.2, -0.15) is 0 Å². The Kier molecular flexibility index (Phi) is 3.26. The molecule has 13 heavy (non-hydrogen) atoms. The van der Waals surface area contributed by atoms with Crippen molar-refractivity contribution >= 4 is 0 Å². The lowest BCUT2D eigenvalue weighted by atomic mass is 9.97. The van der Waals surface area contributed by atoms with Crippen LogP contribution in [-0.4, -0.2) is 12.2 Å². The maximum Gasteiger partial charge on any atom is 0.0578 e. The van der Waals surface area contributed by atoms with Crippen LogP contribution >= 0.6 is 0 Å². The summed E-state index contributed by atoms with van der Waals surface area (Å²) in [6.45, 7) is 2.26. The third-order valence-corrected chi connectivity index (χ3v) is 3.34. The summed E-state index contributed by atoms with van der Waals surface area (Å²) in [7, 11) is 0. The van der Waals surface area contributed by atoms with Gasteiger partial charge >= 0.3 is 0 Å². The Hall–Kier alpha value is -0.0400. The maximum atomic E-state index is 6.04. The molecule has 0 aromatic rings. The van der Waals surface area contributed by atoms with Gasteiger partial charge in [0.2, 0.25) is 0 Å². The van der Waals surface area contributed by atoms with Crippen molar-refractivity contribution in [2.75, 3.05) is 0 Å². The second-order valence-corrected chi connectivity index (χ2v) is 4.89. The summed E-state index contributed by atoms with van der Waals surface area (Å²) in [6.07, 6.45) is 12.2. The minimum Gasteiger partial charge on any atom is -0.375 e. The minimum atomic E-state index is 0.524. The smallest absolute Gasteiger partial charge is 0.0578 e. The van der Waals surface area contributed by atoms with Crippen molar-refractivity contribution in [3.05, 3.63) is 0 Å². The van der Waals surface area contributed by atoms with Crippen LogP contribution in [0.5, 0.6) is 0 Å². The molecule has 1 heteroatoms. The van der Waals surface area contributed by atoms with E-state index < -0.39 is 0 Å². The molecule has 0 bridgehead atoms. The zero-order valence-corrected chi connectivity index (χ0v) is 8.80. The molecule has 1 unspecified atom stereocenters. The summed E-state index contributed by atoms with van der Waals surface area (Å²) in [5, 5.41) is 0. The Bertz CT molecular complexity index is 145. The van der Waals surface area contributed by atoms with Crippen LogP contribution in [0.15, 0.2) is 0 Å². The summed E-state index contributed by atoms with van der Waals surface area (Å²) in [6, 6.07) is 0. The lowest BCUT2D eigenvalue weighted by Crippen LogP contribution is -2.22. The van der Waals surface area contributed by atoms with E-state index in [4.69, 9.17) is 4.74 Å². The van der Waals surface area contributed by atoms with Gasteiger partial charge in [-0.1, -0.05) is 32.1 Å². The van der Waals surface area contributed by atoms with E-state index >= 15 is 0 Å². The third-order valence-electron chi connectivity index (χ3n) is 3.34. The van der Waals surface area contributed by atoms with Crippen LogP contribution in [0.2, 0.25) is 0 Å². The van der Waals surface area contributed by atoms with E-state index in [9.17, 15) is 0 Å². The second-order valence-electron chi connectivity index (χ2n) is 4.89. The van der Waals surface area contributed by atoms with Crippen molar-refractivity contribution in [2.24, 2.45) is 5.92 Å². The van der Waals surface area contributed by atoms with Gasteiger partial charge in [-0.05, 0) is 32.1 Å². The van der Waals surface area contributed by atoms with Crippen molar-refractivity contribution in [2.45, 2.75) is 70.5 Å². The van der Waals surface area contributed by atoms with Crippen LogP contribution in [0.4, 0.5) is 0 Å². The molecule has 2 fully saturated rings. The average Bonchev–Trinajstić information content (AvgIpc) is 2.90. The summed E-state index contributed by atoms with van der Waals surface area (Å²) in [5.41, 5.74) is 0. The van der Waals surface area contributed by atoms with Gasteiger partial charge in [-0.15, -0.1) is 0 Å². The second kappa shape index (κ2) is 4.45. The molecule has 0 aromatic heterocycles. The van der Waals surface area contributed by atoms with E-state index in [0.717, 1.165) is 5.92 Å². The third kappa shape index (κ3) is 3.30. The lowest BCUT2D eigenvalue weighted by Gasteiger charge is -2.25. The summed E-state index contributed by atoms with van der Waals surface area (Å²) in [4.78, 5) is 0. The quantitative estimate of drug-likeness (QED) is 0.646. The first kappa shape index (κ1) is 9.51. The van der Waals surface area contributed by atoms with Gasteiger partial charge in [0.25, 0.3) is 0 Å². The minimum absolute atomic E-state index is 0.524. The zero-order chi connectivity index (χ0) is 9.10. The molecule has 0 heterocycles. The van der Waals surface area contributed by atoms with E-state index in [1.165, 1.54) is 51.4 Å². The number of hydrogen-bond donors (Lipinski definition) is 0. The van der Waals surface area contributed by atoms with Crippen LogP contribution in [0.3, 0.4) is 0 Å². The van der Waals surface area contributed by atoms with Gasteiger partial charge in [0.1, 0.15) is 0 Å². The van der Waals surface area contributed by atoms with Crippen LogP contribution < -0.4 is 0 Å². The van der Waals surface area contributed by atoms with Gasteiger partial charge in [0, 0.05) is 0 Å². The van der Waals surface area contributed by atoms with E-state index in [1.54, 1.807) is 0 Å². The van der Waals surface area contributed by atoms with Crippen LogP contribution in [0.1, 0.15) is 58.3 Å². The van der Waals surface area contributed by atoms with Crippen molar-refractivity contribution in [3.8, 4) is 0 Å². The fraction of sp³-hybridized carbons (Fsp3) is 1.00. The van der Waals surface area contributed by atoms with Gasteiger partial charge in [-0.3, -0.25) is 0 Å². The predicted octanol–water partition coefficient (Wildman–Crippen LogP) is 3.52. The van der Waals surface area contributed by atoms with E-state index in [2.05, 4.69) is 6.92 Å². The van der Waals surface area contributed by atoms with Crippen molar-refractivity contribution in [1.82, 2.24) is 0 Å². The van der Waals surface area contributed by atoms with Crippen LogP contribution in [0, 0.1) is 5.92 Å². The molecule has 76 valence electrons. The highest BCUT2D eigenvalue weighted by Gasteiger charge is 2.25. The first-order valence-electron chi connectivity index (χ1n) is 6.00. The highest BCUT2D eigenvalue weighted by molar-refractivity contribution is 4.76. The molecule has 1 nitrogen and oxygen atoms in total. The largest absolute Gasteiger partial charge is 0.375 e. The molecule has 0 aromatic carbocycles. The van der Waals surface area contributed by atoms with E-state index in [0.29, 0.717) is 12.2 Å². The summed E-state index contributed by atoms with van der Waals surface area (Å²) in [5.74, 6) is 1.01. The van der Waals surface area contributed by atoms with Crippen LogP contribution in [-0.2, 0) is 4.74 Å². The van der Waals surface area contributed by atoms with Gasteiger partial charge in [-0.25, -0.2) is 0 Å². The number of rotatable bonds is 4. The summed E-state index contributed by atoms with van der Waals surface area (Å²) < 4.78 is 6.04. The Balaban J connectivity index is 1.62. The molecule has 0 radical (unpaired) electrons. The number of hydrogen-bond acceptors (Lipinski definition) is 1. The Morgan fingerprint density at radius 3 is 2.38 bits per heavy atom. The monoisotopic (exact) mass is 182 g/mol. The SMILES string of the molecule is CC(CC1CC1)OC1CCCCC1. The molecule has 2 saturated carbocycles. The van der Waals surface area contributed by atoms with Crippen LogP contribution in [0.25, 0.3) is 0 Å². The average molecular weight is 182 g/mol. The fourth-order valence-corrected chi connectivity index (χ4v) is 2.41. The van der Waals surface area contributed by atoms with Crippen molar-refractivity contribution in [3.63, 3.8) is 0 Å². The molecule has 2 rings (SSSR count). The van der Waals surface area contributed by atoms with Gasteiger partial charge < -0.3 is 4.74 Å². The van der Waals surface area contributed by atoms with E-state index in [-0.39, 0.29) is 0 Å². The Morgan fingerprint density at radius 1 is 1.08 bits per heavy atom. The van der Waals surface area contributed by atoms with Gasteiger partial charge in [0.05, 0.1) is 12.2 Å². The van der Waals surface area contributed by atoms with Gasteiger partial charge in [0.15, 0.2) is 0 Å². The first-order valence-corrected chi connectivity index (χ1v) is 6.00. The molecular weight excluding hydrogens is 160 g/mol. The maximum absolute atomic E-state index is 6.04. The highest BCUT2D eigenvalue weighted by atomic mass is 16.5. The van der Waals surface area contributed by atoms with Crippen molar-refractivity contribution < 1.29 is 4.74 Å². The standard InChI is InChI=1S/C12H22O/c1-10(9-11-7-8-11)13-12-5-3-2-4-6-12/h10-12H,2-9H2,1H3. The molecule has 2 aliphatic carbocycles. The summed E-state index contributed by atoms with van der Waals surface area (Å²) >= 11 is 0. The normalized spacial score (nSPS) is 27.5. The molecular formula is C12H22O. The molecule has 0 aliphatic heterocycles. The Labute approximate surface area is 81.9 Å². The topological polar surface area (TPSA) is 9.23 Å². The molecule has 0 amide bonds. The molecule has 0 spiro atoms. The van der Waals surface area contributed by atoms with E-state index in [1.807, 2.05) is 0 Å². The number of ether oxygens (including phenoxy) is 1. The lowest BCUT2D eigenvalue weighted by molar-refractivity contribution is -0.0264. The molecule has 1 atom stereocenters. The molecule has 0 saturated heterocycles. The first-order chi connectivity index (χ1) is 6.34. The zero-order valence-electron chi connectivity index (χ0n) is 8.80. The van der Waals surface area contributed by atoms with Crippen molar-refractivity contribution in [1.29, 1.82) is 0 Å². The molecule has 2 aliphatic rings. The fourth-order valence-electron chi connectivity index (χ4n) is 2.41. The predicted molar refractivity (Wildman–Crippen MR) is 54.8 cm³/mol. The highest BCUT2D eigenvalue weighted by Crippen LogP contribution is 2.35. The molecule has 0 N–H and O–H groups in total.